The molecule has 4 nitrogen and oxygen atoms in total. The van der Waals surface area contributed by atoms with Crippen LogP contribution in [-0.2, 0) is 15.1 Å². The van der Waals surface area contributed by atoms with Gasteiger partial charge in [-0.05, 0) is 11.6 Å². The van der Waals surface area contributed by atoms with Gasteiger partial charge in [0, 0.05) is 18.4 Å². The molecule has 108 valence electrons. The van der Waals surface area contributed by atoms with Gasteiger partial charge in [-0.2, -0.15) is 0 Å². The highest BCUT2D eigenvalue weighted by molar-refractivity contribution is 5.72. The van der Waals surface area contributed by atoms with Crippen molar-refractivity contribution in [2.45, 2.75) is 17.7 Å². The van der Waals surface area contributed by atoms with Crippen LogP contribution in [-0.4, -0.2) is 30.6 Å². The third-order valence-electron chi connectivity index (χ3n) is 4.01. The highest BCUT2D eigenvalue weighted by Gasteiger charge is 2.49. The average molecular weight is 283 g/mol. The van der Waals surface area contributed by atoms with Crippen LogP contribution in [0.5, 0.6) is 0 Å². The van der Waals surface area contributed by atoms with Crippen molar-refractivity contribution in [1.82, 2.24) is 0 Å². The number of hydrogen-bond acceptors (Lipinski definition) is 4. The Kier molecular flexibility index (Phi) is 3.49. The summed E-state index contributed by atoms with van der Waals surface area (Å²) in [6, 6.07) is 16.1. The van der Waals surface area contributed by atoms with Crippen molar-refractivity contribution in [2.75, 3.05) is 12.4 Å². The summed E-state index contributed by atoms with van der Waals surface area (Å²) in [6.07, 6.45) is 0.0742. The first kappa shape index (κ1) is 13.8. The van der Waals surface area contributed by atoms with E-state index in [0.29, 0.717) is 11.1 Å². The van der Waals surface area contributed by atoms with E-state index in [1.54, 1.807) is 0 Å². The van der Waals surface area contributed by atoms with Crippen molar-refractivity contribution in [3.63, 3.8) is 0 Å². The van der Waals surface area contributed by atoms with Crippen LogP contribution in [0.3, 0.4) is 0 Å². The van der Waals surface area contributed by atoms with Gasteiger partial charge in [-0.1, -0.05) is 48.5 Å². The van der Waals surface area contributed by atoms with Crippen LogP contribution in [0.1, 0.15) is 11.1 Å². The summed E-state index contributed by atoms with van der Waals surface area (Å²) in [4.78, 5) is 11.4. The van der Waals surface area contributed by atoms with E-state index in [-0.39, 0.29) is 0 Å². The van der Waals surface area contributed by atoms with Crippen molar-refractivity contribution in [2.24, 2.45) is 0 Å². The standard InChI is InChI=1S/C17H17NO3/c1-21-16-15(11-19)18-14-10-6-5-9-13(14)17(16,20)12-7-3-2-4-8-12/h2-11,15-16,18,20H,1H3. The van der Waals surface area contributed by atoms with E-state index >= 15 is 0 Å². The second-order valence-electron chi connectivity index (χ2n) is 5.14. The molecule has 0 bridgehead atoms. The number of anilines is 1. The number of aldehydes is 1. The van der Waals surface area contributed by atoms with E-state index in [4.69, 9.17) is 4.74 Å². The zero-order valence-corrected chi connectivity index (χ0v) is 11.7. The molecule has 2 aromatic rings. The maximum Gasteiger partial charge on any atom is 0.145 e. The summed E-state index contributed by atoms with van der Waals surface area (Å²) in [6.45, 7) is 0. The van der Waals surface area contributed by atoms with Gasteiger partial charge in [-0.25, -0.2) is 0 Å². The largest absolute Gasteiger partial charge is 0.377 e. The van der Waals surface area contributed by atoms with Gasteiger partial charge in [0.2, 0.25) is 0 Å². The molecule has 0 saturated carbocycles. The Bertz CT molecular complexity index is 643. The molecule has 0 amide bonds. The Morgan fingerprint density at radius 3 is 2.48 bits per heavy atom. The molecule has 4 heteroatoms. The number of hydrogen-bond donors (Lipinski definition) is 2. The molecule has 21 heavy (non-hydrogen) atoms. The van der Waals surface area contributed by atoms with Gasteiger partial charge in [0.25, 0.3) is 0 Å². The third kappa shape index (κ3) is 2.04. The minimum Gasteiger partial charge on any atom is -0.377 e. The van der Waals surface area contributed by atoms with E-state index in [1.807, 2.05) is 54.6 Å². The molecule has 2 aromatic carbocycles. The van der Waals surface area contributed by atoms with E-state index in [9.17, 15) is 9.90 Å². The normalized spacial score (nSPS) is 27.5. The summed E-state index contributed by atoms with van der Waals surface area (Å²) < 4.78 is 5.48. The lowest BCUT2D eigenvalue weighted by Crippen LogP contribution is -2.55. The molecule has 0 fully saturated rings. The summed E-state index contributed by atoms with van der Waals surface area (Å²) >= 11 is 0. The van der Waals surface area contributed by atoms with Crippen molar-refractivity contribution < 1.29 is 14.6 Å². The van der Waals surface area contributed by atoms with Gasteiger partial charge in [0.05, 0.1) is 0 Å². The first-order valence-electron chi connectivity index (χ1n) is 6.84. The van der Waals surface area contributed by atoms with Crippen LogP contribution in [0, 0.1) is 0 Å². The lowest BCUT2D eigenvalue weighted by atomic mass is 9.75. The predicted molar refractivity (Wildman–Crippen MR) is 80.2 cm³/mol. The van der Waals surface area contributed by atoms with Crippen LogP contribution >= 0.6 is 0 Å². The molecule has 0 saturated heterocycles. The molecular formula is C17H17NO3. The van der Waals surface area contributed by atoms with Gasteiger partial charge >= 0.3 is 0 Å². The van der Waals surface area contributed by atoms with Crippen LogP contribution < -0.4 is 5.32 Å². The molecule has 0 radical (unpaired) electrons. The molecule has 0 spiro atoms. The molecule has 0 aliphatic carbocycles. The maximum absolute atomic E-state index is 11.4. The maximum atomic E-state index is 11.4. The fourth-order valence-electron chi connectivity index (χ4n) is 3.04. The van der Waals surface area contributed by atoms with Gasteiger partial charge in [-0.3, -0.25) is 0 Å². The topological polar surface area (TPSA) is 58.6 Å². The number of carbonyl (C=O) groups is 1. The Hall–Kier alpha value is -2.17. The lowest BCUT2D eigenvalue weighted by Gasteiger charge is -2.44. The fourth-order valence-corrected chi connectivity index (χ4v) is 3.04. The average Bonchev–Trinajstić information content (AvgIpc) is 2.55. The zero-order chi connectivity index (χ0) is 14.9. The lowest BCUT2D eigenvalue weighted by molar-refractivity contribution is -0.120. The first-order chi connectivity index (χ1) is 10.2. The van der Waals surface area contributed by atoms with Gasteiger partial charge in [-0.15, -0.1) is 0 Å². The van der Waals surface area contributed by atoms with E-state index in [0.717, 1.165) is 12.0 Å². The Labute approximate surface area is 123 Å². The van der Waals surface area contributed by atoms with Crippen molar-refractivity contribution in [3.05, 3.63) is 65.7 Å². The number of rotatable bonds is 3. The highest BCUT2D eigenvalue weighted by atomic mass is 16.5. The Morgan fingerprint density at radius 1 is 1.14 bits per heavy atom. The highest BCUT2D eigenvalue weighted by Crippen LogP contribution is 2.43. The van der Waals surface area contributed by atoms with Crippen LogP contribution in [0.4, 0.5) is 5.69 Å². The number of para-hydroxylation sites is 1. The van der Waals surface area contributed by atoms with Gasteiger partial charge in [0.1, 0.15) is 24.0 Å². The summed E-state index contributed by atoms with van der Waals surface area (Å²) in [5.41, 5.74) is 0.789. The van der Waals surface area contributed by atoms with Crippen LogP contribution in [0.2, 0.25) is 0 Å². The SMILES string of the molecule is COC1C(C=O)Nc2ccccc2C1(O)c1ccccc1. The van der Waals surface area contributed by atoms with Crippen molar-refractivity contribution >= 4 is 12.0 Å². The monoisotopic (exact) mass is 283 g/mol. The minimum absolute atomic E-state index is 0.616. The molecule has 1 aliphatic heterocycles. The van der Waals surface area contributed by atoms with Crippen molar-refractivity contribution in [1.29, 1.82) is 0 Å². The number of carbonyl (C=O) groups excluding carboxylic acids is 1. The van der Waals surface area contributed by atoms with Gasteiger partial charge < -0.3 is 20.0 Å². The number of fused-ring (bicyclic) bond motifs is 1. The summed E-state index contributed by atoms with van der Waals surface area (Å²) in [5, 5.41) is 14.6. The zero-order valence-electron chi connectivity index (χ0n) is 11.7. The second kappa shape index (κ2) is 5.31. The fraction of sp³-hybridized carbons (Fsp3) is 0.235. The first-order valence-corrected chi connectivity index (χ1v) is 6.84. The third-order valence-corrected chi connectivity index (χ3v) is 4.01. The quantitative estimate of drug-likeness (QED) is 0.845. The number of ether oxygens (including phenoxy) is 1. The predicted octanol–water partition coefficient (Wildman–Crippen LogP) is 1.93. The van der Waals surface area contributed by atoms with E-state index in [2.05, 4.69) is 5.32 Å². The van der Waals surface area contributed by atoms with Crippen molar-refractivity contribution in [3.8, 4) is 0 Å². The van der Waals surface area contributed by atoms with Crippen LogP contribution in [0.25, 0.3) is 0 Å². The minimum atomic E-state index is -1.37. The molecule has 3 rings (SSSR count). The van der Waals surface area contributed by atoms with Crippen LogP contribution in [0.15, 0.2) is 54.6 Å². The summed E-state index contributed by atoms with van der Waals surface area (Å²) in [7, 11) is 1.50. The smallest absolute Gasteiger partial charge is 0.145 e. The van der Waals surface area contributed by atoms with E-state index < -0.39 is 17.7 Å². The molecule has 3 unspecified atom stereocenters. The molecule has 1 heterocycles. The number of aliphatic hydroxyl groups is 1. The molecule has 3 atom stereocenters. The number of methoxy groups -OCH3 is 1. The number of nitrogens with one attached hydrogen (secondary N) is 1. The number of benzene rings is 2. The second-order valence-corrected chi connectivity index (χ2v) is 5.14. The molecule has 1 aliphatic rings. The summed E-state index contributed by atoms with van der Waals surface area (Å²) in [5.74, 6) is 0. The molecule has 2 N–H and O–H groups in total. The Morgan fingerprint density at radius 2 is 1.81 bits per heavy atom. The molecular weight excluding hydrogens is 266 g/mol. The Balaban J connectivity index is 2.25. The molecule has 0 aromatic heterocycles. The van der Waals surface area contributed by atoms with Gasteiger partial charge in [0.15, 0.2) is 0 Å². The van der Waals surface area contributed by atoms with E-state index in [1.165, 1.54) is 7.11 Å².